The van der Waals surface area contributed by atoms with Gasteiger partial charge in [-0.15, -0.1) is 0 Å². The Morgan fingerprint density at radius 1 is 1.13 bits per heavy atom. The molecule has 216 valence electrons. The van der Waals surface area contributed by atoms with Gasteiger partial charge in [-0.3, -0.25) is 19.2 Å². The van der Waals surface area contributed by atoms with Crippen molar-refractivity contribution in [3.8, 4) is 6.07 Å². The molecule has 5 atom stereocenters. The molecule has 9 nitrogen and oxygen atoms in total. The first-order chi connectivity index (χ1) is 18.1. The highest BCUT2D eigenvalue weighted by atomic mass is 19.4. The van der Waals surface area contributed by atoms with E-state index in [0.29, 0.717) is 18.8 Å². The molecule has 0 aromatic rings. The van der Waals surface area contributed by atoms with Gasteiger partial charge in [-0.05, 0) is 49.4 Å². The monoisotopic (exact) mass is 553 g/mol. The highest BCUT2D eigenvalue weighted by Gasteiger charge is 2.53. The molecule has 2 aliphatic heterocycles. The second-order valence-corrected chi connectivity index (χ2v) is 12.9. The zero-order chi connectivity index (χ0) is 28.8. The van der Waals surface area contributed by atoms with Crippen molar-refractivity contribution in [2.24, 2.45) is 23.2 Å². The van der Waals surface area contributed by atoms with Crippen LogP contribution in [0.1, 0.15) is 78.6 Å². The lowest BCUT2D eigenvalue weighted by atomic mass is 9.85. The van der Waals surface area contributed by atoms with Crippen LogP contribution in [0.25, 0.3) is 0 Å². The molecule has 0 aromatic carbocycles. The van der Waals surface area contributed by atoms with Crippen LogP contribution in [0.5, 0.6) is 0 Å². The number of alkyl halides is 3. The molecule has 4 aliphatic rings. The molecular weight excluding hydrogens is 515 g/mol. The maximum absolute atomic E-state index is 13.7. The number of halogens is 3. The zero-order valence-corrected chi connectivity index (χ0v) is 22.7. The van der Waals surface area contributed by atoms with Crippen molar-refractivity contribution in [3.63, 3.8) is 0 Å². The van der Waals surface area contributed by atoms with Crippen molar-refractivity contribution >= 4 is 23.6 Å². The lowest BCUT2D eigenvalue weighted by molar-refractivity contribution is -0.176. The Bertz CT molecular complexity index is 1040. The molecule has 0 bridgehead atoms. The maximum Gasteiger partial charge on any atom is 0.471 e. The first-order valence-electron chi connectivity index (χ1n) is 13.8. The minimum Gasteiger partial charge on any atom is -0.350 e. The molecule has 0 aromatic heterocycles. The average Bonchev–Trinajstić information content (AvgIpc) is 3.22. The first kappa shape index (κ1) is 29.2. The number of nitriles is 1. The fourth-order valence-corrected chi connectivity index (χ4v) is 6.50. The summed E-state index contributed by atoms with van der Waals surface area (Å²) in [7, 11) is 0. The van der Waals surface area contributed by atoms with Gasteiger partial charge in [-0.2, -0.15) is 18.4 Å². The van der Waals surface area contributed by atoms with E-state index in [1.54, 1.807) is 20.8 Å². The van der Waals surface area contributed by atoms with E-state index in [-0.39, 0.29) is 30.3 Å². The van der Waals surface area contributed by atoms with Crippen LogP contribution < -0.4 is 16.0 Å². The molecule has 2 saturated heterocycles. The smallest absolute Gasteiger partial charge is 0.350 e. The van der Waals surface area contributed by atoms with Gasteiger partial charge in [0.2, 0.25) is 17.7 Å². The van der Waals surface area contributed by atoms with Gasteiger partial charge in [0.05, 0.1) is 6.07 Å². The molecule has 39 heavy (non-hydrogen) atoms. The van der Waals surface area contributed by atoms with E-state index < -0.39 is 53.4 Å². The molecule has 3 N–H and O–H groups in total. The summed E-state index contributed by atoms with van der Waals surface area (Å²) in [4.78, 5) is 52.7. The van der Waals surface area contributed by atoms with Gasteiger partial charge in [-0.25, -0.2) is 0 Å². The SMILES string of the molecule is CC(C)(C)[C@H](NC(=O)C(F)(F)F)C(=O)N1C[C@H](C2CCCC2)CC1C(=O)N[C@H](C#N)C[C@@H]1CC2(CC2)NC1=O. The van der Waals surface area contributed by atoms with Crippen molar-refractivity contribution in [2.75, 3.05) is 6.54 Å². The van der Waals surface area contributed by atoms with Crippen LogP contribution in [0, 0.1) is 34.5 Å². The Hall–Kier alpha value is -2.84. The van der Waals surface area contributed by atoms with Gasteiger partial charge >= 0.3 is 12.1 Å². The van der Waals surface area contributed by atoms with Crippen LogP contribution in [0.4, 0.5) is 13.2 Å². The molecule has 4 amide bonds. The van der Waals surface area contributed by atoms with Gasteiger partial charge in [0, 0.05) is 18.0 Å². The normalized spacial score (nSPS) is 28.1. The highest BCUT2D eigenvalue weighted by molar-refractivity contribution is 5.94. The second-order valence-electron chi connectivity index (χ2n) is 12.9. The van der Waals surface area contributed by atoms with Crippen LogP contribution in [-0.2, 0) is 19.2 Å². The van der Waals surface area contributed by atoms with Crippen molar-refractivity contribution in [2.45, 2.75) is 108 Å². The standard InChI is InChI=1S/C27H38F3N5O4/c1-25(2,3)20(33-24(39)27(28,29)30)23(38)35-14-17(15-6-4-5-7-15)11-19(35)22(37)32-18(13-31)10-16-12-26(8-9-26)34-21(16)36/h15-20H,4-12,14H2,1-3H3,(H,32,37)(H,33,39)(H,34,36)/t16-,17-,18+,19?,20-/m1/s1. The van der Waals surface area contributed by atoms with Gasteiger partial charge in [0.25, 0.3) is 0 Å². The molecule has 1 spiro atoms. The van der Waals surface area contributed by atoms with Crippen LogP contribution >= 0.6 is 0 Å². The van der Waals surface area contributed by atoms with Gasteiger partial charge in [0.1, 0.15) is 18.1 Å². The number of amides is 4. The van der Waals surface area contributed by atoms with Crippen molar-refractivity contribution in [1.82, 2.24) is 20.9 Å². The van der Waals surface area contributed by atoms with E-state index in [1.807, 2.05) is 5.32 Å². The Kier molecular flexibility index (Phi) is 7.94. The lowest BCUT2D eigenvalue weighted by Crippen LogP contribution is -2.59. The van der Waals surface area contributed by atoms with Crippen molar-refractivity contribution < 1.29 is 32.3 Å². The lowest BCUT2D eigenvalue weighted by Gasteiger charge is -2.35. The van der Waals surface area contributed by atoms with Crippen molar-refractivity contribution in [1.29, 1.82) is 5.26 Å². The molecule has 12 heteroatoms. The zero-order valence-electron chi connectivity index (χ0n) is 22.7. The maximum atomic E-state index is 13.7. The molecule has 2 heterocycles. The summed E-state index contributed by atoms with van der Waals surface area (Å²) in [5.41, 5.74) is -1.23. The predicted octanol–water partition coefficient (Wildman–Crippen LogP) is 2.55. The first-order valence-corrected chi connectivity index (χ1v) is 13.8. The highest BCUT2D eigenvalue weighted by Crippen LogP contribution is 2.46. The van der Waals surface area contributed by atoms with Crippen LogP contribution in [0.3, 0.4) is 0 Å². The largest absolute Gasteiger partial charge is 0.471 e. The summed E-state index contributed by atoms with van der Waals surface area (Å²) < 4.78 is 39.2. The Labute approximate surface area is 226 Å². The van der Waals surface area contributed by atoms with Gasteiger partial charge in [-0.1, -0.05) is 46.5 Å². The summed E-state index contributed by atoms with van der Waals surface area (Å²) >= 11 is 0. The number of nitrogens with zero attached hydrogens (tertiary/aromatic N) is 2. The number of likely N-dealkylation sites (tertiary alicyclic amines) is 1. The molecule has 4 rings (SSSR count). The Balaban J connectivity index is 1.51. The van der Waals surface area contributed by atoms with E-state index in [2.05, 4.69) is 16.7 Å². The summed E-state index contributed by atoms with van der Waals surface area (Å²) in [6.07, 6.45) is 1.72. The van der Waals surface area contributed by atoms with E-state index in [1.165, 1.54) is 4.90 Å². The third kappa shape index (κ3) is 6.49. The van der Waals surface area contributed by atoms with Gasteiger partial charge < -0.3 is 20.9 Å². The fourth-order valence-electron chi connectivity index (χ4n) is 6.50. The quantitative estimate of drug-likeness (QED) is 0.446. The van der Waals surface area contributed by atoms with Crippen molar-refractivity contribution in [3.05, 3.63) is 0 Å². The Morgan fingerprint density at radius 2 is 1.77 bits per heavy atom. The third-order valence-corrected chi connectivity index (χ3v) is 8.87. The van der Waals surface area contributed by atoms with Crippen LogP contribution in [-0.4, -0.2) is 64.9 Å². The number of rotatable bonds is 7. The average molecular weight is 554 g/mol. The topological polar surface area (TPSA) is 131 Å². The number of nitrogens with one attached hydrogen (secondary N) is 3. The van der Waals surface area contributed by atoms with E-state index in [4.69, 9.17) is 0 Å². The summed E-state index contributed by atoms with van der Waals surface area (Å²) in [6, 6.07) is -1.39. The van der Waals surface area contributed by atoms with E-state index in [0.717, 1.165) is 38.5 Å². The minimum absolute atomic E-state index is 0.0120. The second kappa shape index (κ2) is 10.6. The number of hydrogen-bond donors (Lipinski definition) is 3. The number of carbonyl (C=O) groups is 4. The number of hydrogen-bond acceptors (Lipinski definition) is 5. The minimum atomic E-state index is -5.16. The fraction of sp³-hybridized carbons (Fsp3) is 0.815. The summed E-state index contributed by atoms with van der Waals surface area (Å²) in [6.45, 7) is 4.85. The molecule has 2 saturated carbocycles. The van der Waals surface area contributed by atoms with Crippen LogP contribution in [0.15, 0.2) is 0 Å². The van der Waals surface area contributed by atoms with E-state index in [9.17, 15) is 37.6 Å². The summed E-state index contributed by atoms with van der Waals surface area (Å²) in [5.74, 6) is -3.77. The molecular formula is C27H38F3N5O4. The molecule has 2 aliphatic carbocycles. The molecule has 4 fully saturated rings. The van der Waals surface area contributed by atoms with E-state index >= 15 is 0 Å². The number of carbonyl (C=O) groups excluding carboxylic acids is 4. The summed E-state index contributed by atoms with van der Waals surface area (Å²) in [5, 5.41) is 17.3. The van der Waals surface area contributed by atoms with Gasteiger partial charge in [0.15, 0.2) is 0 Å². The Morgan fingerprint density at radius 3 is 2.28 bits per heavy atom. The van der Waals surface area contributed by atoms with Crippen LogP contribution in [0.2, 0.25) is 0 Å². The predicted molar refractivity (Wildman–Crippen MR) is 133 cm³/mol. The molecule has 0 radical (unpaired) electrons. The molecule has 1 unspecified atom stereocenters. The third-order valence-electron chi connectivity index (χ3n) is 8.87.